The molecule has 0 aromatic heterocycles. The van der Waals surface area contributed by atoms with E-state index in [2.05, 4.69) is 9.47 Å². The Bertz CT molecular complexity index is 344. The molecule has 0 unspecified atom stereocenters. The molecule has 74 valence electrons. The molecule has 14 heavy (non-hydrogen) atoms. The second-order valence-corrected chi connectivity index (χ2v) is 2.44. The molecule has 0 saturated carbocycles. The van der Waals surface area contributed by atoms with Crippen molar-refractivity contribution in [1.82, 2.24) is 0 Å². The van der Waals surface area contributed by atoms with Crippen molar-refractivity contribution in [3.05, 3.63) is 29.8 Å². The van der Waals surface area contributed by atoms with Crippen LogP contribution in [0.5, 0.6) is 5.75 Å². The quantitative estimate of drug-likeness (QED) is 0.712. The monoisotopic (exact) mass is 195 g/mol. The summed E-state index contributed by atoms with van der Waals surface area (Å²) in [5.74, 6) is -0.166. The van der Waals surface area contributed by atoms with Crippen LogP contribution in [0.3, 0.4) is 0 Å². The number of carbonyl (C=O) groups excluding carboxylic acids is 2. The van der Waals surface area contributed by atoms with Gasteiger partial charge in [0.25, 0.3) is 0 Å². The molecule has 0 atom stereocenters. The van der Waals surface area contributed by atoms with E-state index in [9.17, 15) is 9.59 Å². The number of primary amides is 1. The number of methoxy groups -OCH3 is 1. The Balaban J connectivity index is 2.78. The van der Waals surface area contributed by atoms with Gasteiger partial charge in [0.2, 0.25) is 0 Å². The Morgan fingerprint density at radius 2 is 1.79 bits per heavy atom. The second kappa shape index (κ2) is 4.27. The smallest absolute Gasteiger partial charge is 0.409 e. The first-order valence-corrected chi connectivity index (χ1v) is 3.79. The van der Waals surface area contributed by atoms with E-state index in [1.165, 1.54) is 31.4 Å². The average molecular weight is 195 g/mol. The number of carbonyl (C=O) groups is 2. The molecule has 5 heteroatoms. The van der Waals surface area contributed by atoms with Crippen LogP contribution in [0.25, 0.3) is 0 Å². The number of rotatable bonds is 2. The highest BCUT2D eigenvalue weighted by atomic mass is 16.5. The van der Waals surface area contributed by atoms with E-state index in [0.29, 0.717) is 5.56 Å². The summed E-state index contributed by atoms with van der Waals surface area (Å²) in [5.41, 5.74) is 5.17. The molecule has 1 amide bonds. The molecule has 1 rings (SSSR count). The van der Waals surface area contributed by atoms with Crippen molar-refractivity contribution >= 4 is 12.1 Å². The molecule has 0 aliphatic heterocycles. The maximum absolute atomic E-state index is 11.0. The van der Waals surface area contributed by atoms with Gasteiger partial charge < -0.3 is 15.2 Å². The van der Waals surface area contributed by atoms with Crippen molar-refractivity contribution < 1.29 is 19.1 Å². The van der Waals surface area contributed by atoms with E-state index >= 15 is 0 Å². The van der Waals surface area contributed by atoms with Crippen molar-refractivity contribution in [2.45, 2.75) is 0 Å². The summed E-state index contributed by atoms with van der Waals surface area (Å²) in [7, 11) is 1.29. The van der Waals surface area contributed by atoms with E-state index < -0.39 is 12.1 Å². The van der Waals surface area contributed by atoms with Gasteiger partial charge in [-0.2, -0.15) is 0 Å². The summed E-state index contributed by atoms with van der Waals surface area (Å²) in [4.78, 5) is 21.3. The zero-order chi connectivity index (χ0) is 10.6. The molecular weight excluding hydrogens is 186 g/mol. The Labute approximate surface area is 80.4 Å². The lowest BCUT2D eigenvalue weighted by atomic mass is 10.2. The summed E-state index contributed by atoms with van der Waals surface area (Å²) in [6.45, 7) is 0. The van der Waals surface area contributed by atoms with Gasteiger partial charge in [-0.3, -0.25) is 0 Å². The lowest BCUT2D eigenvalue weighted by Gasteiger charge is -2.01. The summed E-state index contributed by atoms with van der Waals surface area (Å²) in [6.07, 6.45) is -0.893. The predicted molar refractivity (Wildman–Crippen MR) is 48.0 cm³/mol. The van der Waals surface area contributed by atoms with Crippen LogP contribution in [0.4, 0.5) is 4.79 Å². The molecule has 0 bridgehead atoms. The fourth-order valence-electron chi connectivity index (χ4n) is 0.893. The van der Waals surface area contributed by atoms with Crippen LogP contribution in [-0.2, 0) is 4.74 Å². The Hall–Kier alpha value is -2.04. The molecule has 0 heterocycles. The summed E-state index contributed by atoms with van der Waals surface area (Å²) >= 11 is 0. The molecule has 0 fully saturated rings. The molecule has 0 spiro atoms. The molecule has 0 saturated heterocycles. The van der Waals surface area contributed by atoms with Gasteiger partial charge in [-0.15, -0.1) is 0 Å². The number of hydrogen-bond acceptors (Lipinski definition) is 4. The van der Waals surface area contributed by atoms with Gasteiger partial charge >= 0.3 is 12.1 Å². The number of amides is 1. The van der Waals surface area contributed by atoms with E-state index in [4.69, 9.17) is 5.73 Å². The topological polar surface area (TPSA) is 78.6 Å². The summed E-state index contributed by atoms with van der Waals surface area (Å²) in [5, 5.41) is 0. The lowest BCUT2D eigenvalue weighted by molar-refractivity contribution is 0.0600. The highest BCUT2D eigenvalue weighted by Crippen LogP contribution is 2.12. The minimum Gasteiger partial charge on any atom is -0.465 e. The van der Waals surface area contributed by atoms with Crippen molar-refractivity contribution in [3.8, 4) is 5.75 Å². The number of nitrogens with two attached hydrogens (primary N) is 1. The van der Waals surface area contributed by atoms with Gasteiger partial charge in [-0.1, -0.05) is 0 Å². The molecular formula is C9H9NO4. The van der Waals surface area contributed by atoms with Crippen molar-refractivity contribution in [2.75, 3.05) is 7.11 Å². The normalized spacial score (nSPS) is 9.21. The largest absolute Gasteiger partial charge is 0.465 e. The number of benzene rings is 1. The summed E-state index contributed by atoms with van der Waals surface area (Å²) < 4.78 is 9.06. The Morgan fingerprint density at radius 3 is 2.21 bits per heavy atom. The second-order valence-electron chi connectivity index (χ2n) is 2.44. The molecule has 0 aliphatic carbocycles. The molecule has 2 N–H and O–H groups in total. The lowest BCUT2D eigenvalue weighted by Crippen LogP contribution is -2.16. The fourth-order valence-corrected chi connectivity index (χ4v) is 0.893. The Kier molecular flexibility index (Phi) is 3.06. The third-order valence-corrected chi connectivity index (χ3v) is 1.49. The van der Waals surface area contributed by atoms with Crippen LogP contribution in [-0.4, -0.2) is 19.2 Å². The van der Waals surface area contributed by atoms with Crippen LogP contribution in [0.1, 0.15) is 10.4 Å². The molecule has 5 nitrogen and oxygen atoms in total. The first kappa shape index (κ1) is 10.0. The van der Waals surface area contributed by atoms with Crippen molar-refractivity contribution in [3.63, 3.8) is 0 Å². The average Bonchev–Trinajstić information content (AvgIpc) is 2.17. The Morgan fingerprint density at radius 1 is 1.21 bits per heavy atom. The molecule has 0 radical (unpaired) electrons. The minimum atomic E-state index is -0.893. The third kappa shape index (κ3) is 2.48. The highest BCUT2D eigenvalue weighted by molar-refractivity contribution is 5.89. The molecule has 1 aromatic carbocycles. The van der Waals surface area contributed by atoms with Crippen LogP contribution >= 0.6 is 0 Å². The SMILES string of the molecule is COC(=O)c1ccc(OC(N)=O)cc1. The van der Waals surface area contributed by atoms with Gasteiger partial charge in [0, 0.05) is 0 Å². The van der Waals surface area contributed by atoms with E-state index in [1.807, 2.05) is 0 Å². The molecule has 1 aromatic rings. The number of ether oxygens (including phenoxy) is 2. The van der Waals surface area contributed by atoms with Crippen molar-refractivity contribution in [2.24, 2.45) is 5.73 Å². The van der Waals surface area contributed by atoms with E-state index in [-0.39, 0.29) is 5.75 Å². The van der Waals surface area contributed by atoms with E-state index in [0.717, 1.165) is 0 Å². The van der Waals surface area contributed by atoms with Crippen LogP contribution in [0.15, 0.2) is 24.3 Å². The minimum absolute atomic E-state index is 0.283. The standard InChI is InChI=1S/C9H9NO4/c1-13-8(11)6-2-4-7(5-3-6)14-9(10)12/h2-5H,1H3,(H2,10,12). The van der Waals surface area contributed by atoms with Crippen LogP contribution in [0.2, 0.25) is 0 Å². The predicted octanol–water partition coefficient (Wildman–Crippen LogP) is 0.931. The van der Waals surface area contributed by atoms with Gasteiger partial charge in [0.15, 0.2) is 0 Å². The van der Waals surface area contributed by atoms with E-state index in [1.54, 1.807) is 0 Å². The number of esters is 1. The third-order valence-electron chi connectivity index (χ3n) is 1.49. The van der Waals surface area contributed by atoms with Gasteiger partial charge in [-0.25, -0.2) is 9.59 Å². The first-order chi connectivity index (χ1) is 6.63. The van der Waals surface area contributed by atoms with Crippen molar-refractivity contribution in [1.29, 1.82) is 0 Å². The number of hydrogen-bond donors (Lipinski definition) is 1. The fraction of sp³-hybridized carbons (Fsp3) is 0.111. The maximum Gasteiger partial charge on any atom is 0.409 e. The first-order valence-electron chi connectivity index (χ1n) is 3.79. The maximum atomic E-state index is 11.0. The molecule has 0 aliphatic rings. The highest BCUT2D eigenvalue weighted by Gasteiger charge is 2.05. The van der Waals surface area contributed by atoms with Gasteiger partial charge in [0.1, 0.15) is 5.75 Å². The van der Waals surface area contributed by atoms with Crippen LogP contribution < -0.4 is 10.5 Å². The van der Waals surface area contributed by atoms with Crippen LogP contribution in [0, 0.1) is 0 Å². The zero-order valence-corrected chi connectivity index (χ0v) is 7.52. The van der Waals surface area contributed by atoms with Gasteiger partial charge in [0.05, 0.1) is 12.7 Å². The zero-order valence-electron chi connectivity index (χ0n) is 7.52. The summed E-state index contributed by atoms with van der Waals surface area (Å²) in [6, 6.07) is 5.86. The van der Waals surface area contributed by atoms with Gasteiger partial charge in [-0.05, 0) is 24.3 Å².